The van der Waals surface area contributed by atoms with Gasteiger partial charge in [-0.05, 0) is 47.4 Å². The zero-order valence-electron chi connectivity index (χ0n) is 10.2. The Labute approximate surface area is 118 Å². The third-order valence-corrected chi connectivity index (χ3v) is 3.75. The largest absolute Gasteiger partial charge is 0.326 e. The number of nitrogens with zero attached hydrogens (tertiary/aromatic N) is 1. The van der Waals surface area contributed by atoms with E-state index in [1.54, 1.807) is 12.1 Å². The molecule has 0 radical (unpaired) electrons. The van der Waals surface area contributed by atoms with Gasteiger partial charge in [0.15, 0.2) is 0 Å². The van der Waals surface area contributed by atoms with E-state index in [1.807, 2.05) is 0 Å². The Morgan fingerprint density at radius 3 is 2.95 bits per heavy atom. The number of anilines is 1. The highest BCUT2D eigenvalue weighted by atomic mass is 79.9. The molecule has 1 atom stereocenters. The Kier molecular flexibility index (Phi) is 4.49. The molecule has 1 saturated heterocycles. The molecule has 6 nitrogen and oxygen atoms in total. The van der Waals surface area contributed by atoms with E-state index >= 15 is 0 Å². The lowest BCUT2D eigenvalue weighted by molar-refractivity contribution is -0.385. The predicted octanol–water partition coefficient (Wildman–Crippen LogP) is 2.30. The number of carbonyl (C=O) groups is 1. The monoisotopic (exact) mass is 327 g/mol. The SMILES string of the molecule is O=C(Nc1ccc(Br)c([N+](=O)[O-])c1)C1CCCNC1. The van der Waals surface area contributed by atoms with E-state index in [4.69, 9.17) is 0 Å². The van der Waals surface area contributed by atoms with Crippen molar-refractivity contribution in [3.05, 3.63) is 32.8 Å². The summed E-state index contributed by atoms with van der Waals surface area (Å²) in [6.07, 6.45) is 1.82. The second-order valence-electron chi connectivity index (χ2n) is 4.46. The van der Waals surface area contributed by atoms with Crippen molar-refractivity contribution in [2.24, 2.45) is 5.92 Å². The lowest BCUT2D eigenvalue weighted by Gasteiger charge is -2.21. The van der Waals surface area contributed by atoms with Gasteiger partial charge in [-0.1, -0.05) is 0 Å². The first-order valence-electron chi connectivity index (χ1n) is 6.03. The lowest BCUT2D eigenvalue weighted by atomic mass is 9.99. The first-order chi connectivity index (χ1) is 9.08. The third kappa shape index (κ3) is 3.51. The van der Waals surface area contributed by atoms with Crippen molar-refractivity contribution in [3.8, 4) is 0 Å². The molecule has 0 aliphatic carbocycles. The summed E-state index contributed by atoms with van der Waals surface area (Å²) < 4.78 is 0.398. The van der Waals surface area contributed by atoms with Crippen LogP contribution in [-0.4, -0.2) is 23.9 Å². The van der Waals surface area contributed by atoms with E-state index in [2.05, 4.69) is 26.6 Å². The highest BCUT2D eigenvalue weighted by molar-refractivity contribution is 9.10. The van der Waals surface area contributed by atoms with Gasteiger partial charge in [-0.2, -0.15) is 0 Å². The average Bonchev–Trinajstić information content (AvgIpc) is 2.41. The van der Waals surface area contributed by atoms with Gasteiger partial charge in [0.05, 0.1) is 15.3 Å². The van der Waals surface area contributed by atoms with Crippen LogP contribution >= 0.6 is 15.9 Å². The number of rotatable bonds is 3. The summed E-state index contributed by atoms with van der Waals surface area (Å²) in [5.74, 6) is -0.166. The van der Waals surface area contributed by atoms with Crippen LogP contribution in [0.5, 0.6) is 0 Å². The molecule has 1 unspecified atom stereocenters. The summed E-state index contributed by atoms with van der Waals surface area (Å²) in [5.41, 5.74) is 0.394. The van der Waals surface area contributed by atoms with Crippen molar-refractivity contribution in [2.45, 2.75) is 12.8 Å². The Morgan fingerprint density at radius 2 is 2.32 bits per heavy atom. The number of amides is 1. The number of nitrogens with one attached hydrogen (secondary N) is 2. The molecule has 2 rings (SSSR count). The molecular weight excluding hydrogens is 314 g/mol. The lowest BCUT2D eigenvalue weighted by Crippen LogP contribution is -2.37. The maximum atomic E-state index is 12.0. The number of halogens is 1. The van der Waals surface area contributed by atoms with Crippen LogP contribution in [0.1, 0.15) is 12.8 Å². The molecule has 2 N–H and O–H groups in total. The van der Waals surface area contributed by atoms with E-state index in [-0.39, 0.29) is 17.5 Å². The van der Waals surface area contributed by atoms with Gasteiger partial charge < -0.3 is 10.6 Å². The van der Waals surface area contributed by atoms with E-state index < -0.39 is 4.92 Å². The van der Waals surface area contributed by atoms with Crippen LogP contribution in [-0.2, 0) is 4.79 Å². The van der Waals surface area contributed by atoms with Crippen LogP contribution in [0.2, 0.25) is 0 Å². The number of benzene rings is 1. The van der Waals surface area contributed by atoms with Gasteiger partial charge in [-0.25, -0.2) is 0 Å². The minimum absolute atomic E-state index is 0.0560. The molecule has 1 aliphatic heterocycles. The molecule has 1 aromatic rings. The van der Waals surface area contributed by atoms with Crippen molar-refractivity contribution in [1.82, 2.24) is 5.32 Å². The number of carbonyl (C=O) groups excluding carboxylic acids is 1. The number of hydrogen-bond donors (Lipinski definition) is 2. The van der Waals surface area contributed by atoms with Crippen molar-refractivity contribution in [3.63, 3.8) is 0 Å². The average molecular weight is 328 g/mol. The van der Waals surface area contributed by atoms with Crippen molar-refractivity contribution >= 4 is 33.2 Å². The third-order valence-electron chi connectivity index (χ3n) is 3.08. The molecule has 1 aliphatic rings. The Morgan fingerprint density at radius 1 is 1.53 bits per heavy atom. The normalized spacial score (nSPS) is 18.9. The van der Waals surface area contributed by atoms with E-state index in [0.29, 0.717) is 16.7 Å². The summed E-state index contributed by atoms with van der Waals surface area (Å²) in [5, 5.41) is 16.7. The maximum absolute atomic E-state index is 12.0. The topological polar surface area (TPSA) is 84.3 Å². The zero-order chi connectivity index (χ0) is 13.8. The fourth-order valence-electron chi connectivity index (χ4n) is 2.05. The second-order valence-corrected chi connectivity index (χ2v) is 5.31. The Hall–Kier alpha value is -1.47. The van der Waals surface area contributed by atoms with Crippen molar-refractivity contribution in [2.75, 3.05) is 18.4 Å². The van der Waals surface area contributed by atoms with Gasteiger partial charge in [0.1, 0.15) is 0 Å². The van der Waals surface area contributed by atoms with Gasteiger partial charge in [-0.15, -0.1) is 0 Å². The molecule has 0 spiro atoms. The van der Waals surface area contributed by atoms with Gasteiger partial charge >= 0.3 is 0 Å². The molecule has 0 bridgehead atoms. The number of hydrogen-bond acceptors (Lipinski definition) is 4. The zero-order valence-corrected chi connectivity index (χ0v) is 11.8. The molecule has 102 valence electrons. The Balaban J connectivity index is 2.08. The summed E-state index contributed by atoms with van der Waals surface area (Å²) in [6.45, 7) is 1.60. The molecule has 1 fully saturated rings. The highest BCUT2D eigenvalue weighted by Crippen LogP contribution is 2.28. The summed E-state index contributed by atoms with van der Waals surface area (Å²) in [4.78, 5) is 22.3. The van der Waals surface area contributed by atoms with E-state index in [1.165, 1.54) is 6.07 Å². The highest BCUT2D eigenvalue weighted by Gasteiger charge is 2.21. The number of nitro benzene ring substituents is 1. The van der Waals surface area contributed by atoms with Crippen molar-refractivity contribution < 1.29 is 9.72 Å². The van der Waals surface area contributed by atoms with E-state index in [0.717, 1.165) is 19.4 Å². The predicted molar refractivity (Wildman–Crippen MR) is 75.0 cm³/mol. The molecule has 19 heavy (non-hydrogen) atoms. The fraction of sp³-hybridized carbons (Fsp3) is 0.417. The van der Waals surface area contributed by atoms with Gasteiger partial charge in [0.25, 0.3) is 5.69 Å². The smallest absolute Gasteiger partial charge is 0.285 e. The quantitative estimate of drug-likeness (QED) is 0.659. The summed E-state index contributed by atoms with van der Waals surface area (Å²) in [6, 6.07) is 4.57. The first kappa shape index (κ1) is 14.0. The number of nitro groups is 1. The maximum Gasteiger partial charge on any atom is 0.285 e. The van der Waals surface area contributed by atoms with Crippen LogP contribution in [0.25, 0.3) is 0 Å². The van der Waals surface area contributed by atoms with Crippen LogP contribution < -0.4 is 10.6 Å². The van der Waals surface area contributed by atoms with Crippen molar-refractivity contribution in [1.29, 1.82) is 0 Å². The molecule has 1 amide bonds. The first-order valence-corrected chi connectivity index (χ1v) is 6.83. The van der Waals surface area contributed by atoms with Gasteiger partial charge in [0, 0.05) is 18.3 Å². The van der Waals surface area contributed by atoms with Gasteiger partial charge in [0.2, 0.25) is 5.91 Å². The summed E-state index contributed by atoms with van der Waals surface area (Å²) in [7, 11) is 0. The van der Waals surface area contributed by atoms with Crippen LogP contribution in [0.4, 0.5) is 11.4 Å². The fourth-order valence-corrected chi connectivity index (χ4v) is 2.44. The molecule has 7 heteroatoms. The van der Waals surface area contributed by atoms with Crippen LogP contribution in [0.3, 0.4) is 0 Å². The molecule has 1 aromatic carbocycles. The summed E-state index contributed by atoms with van der Waals surface area (Å²) >= 11 is 3.11. The van der Waals surface area contributed by atoms with Crippen LogP contribution in [0, 0.1) is 16.0 Å². The second kappa shape index (κ2) is 6.12. The van der Waals surface area contributed by atoms with Crippen LogP contribution in [0.15, 0.2) is 22.7 Å². The molecule has 0 aromatic heterocycles. The molecular formula is C12H14BrN3O3. The minimum Gasteiger partial charge on any atom is -0.326 e. The van der Waals surface area contributed by atoms with Gasteiger partial charge in [-0.3, -0.25) is 14.9 Å². The number of piperidine rings is 1. The molecule has 1 heterocycles. The standard InChI is InChI=1S/C12H14BrN3O3/c13-10-4-3-9(6-11(10)16(18)19)15-12(17)8-2-1-5-14-7-8/h3-4,6,8,14H,1-2,5,7H2,(H,15,17). The molecule has 0 saturated carbocycles. The van der Waals surface area contributed by atoms with E-state index in [9.17, 15) is 14.9 Å². The minimum atomic E-state index is -0.484. The Bertz CT molecular complexity index is 501.